The number of benzene rings is 1. The van der Waals surface area contributed by atoms with Gasteiger partial charge in [0.25, 0.3) is 0 Å². The Kier molecular flexibility index (Phi) is 4.05. The first kappa shape index (κ1) is 14.8. The smallest absolute Gasteiger partial charge is 0.229 e. The Labute approximate surface area is 129 Å². The maximum absolute atomic E-state index is 13.6. The first-order chi connectivity index (χ1) is 11.1. The van der Waals surface area contributed by atoms with Crippen LogP contribution in [0.15, 0.2) is 49.2 Å². The molecule has 0 saturated carbocycles. The predicted octanol–water partition coefficient (Wildman–Crippen LogP) is 2.12. The quantitative estimate of drug-likeness (QED) is 0.800. The van der Waals surface area contributed by atoms with Crippen molar-refractivity contribution in [2.45, 2.75) is 6.42 Å². The van der Waals surface area contributed by atoms with Crippen LogP contribution in [0.5, 0.6) is 0 Å². The molecule has 0 unspecified atom stereocenters. The highest BCUT2D eigenvalue weighted by Crippen LogP contribution is 2.17. The third-order valence-electron chi connectivity index (χ3n) is 3.09. The molecular weight excluding hydrogens is 304 g/mol. The molecule has 6 nitrogen and oxygen atoms in total. The zero-order chi connectivity index (χ0) is 16.2. The maximum atomic E-state index is 13.6. The highest BCUT2D eigenvalue weighted by molar-refractivity contribution is 5.93. The van der Waals surface area contributed by atoms with Gasteiger partial charge in [0.05, 0.1) is 12.6 Å². The Morgan fingerprint density at radius 2 is 2.00 bits per heavy atom. The number of carbonyl (C=O) groups is 1. The molecule has 1 aromatic carbocycles. The van der Waals surface area contributed by atoms with Crippen LogP contribution in [0.3, 0.4) is 0 Å². The molecule has 3 aromatic rings. The summed E-state index contributed by atoms with van der Waals surface area (Å²) >= 11 is 0. The van der Waals surface area contributed by atoms with E-state index in [1.807, 2.05) is 0 Å². The predicted molar refractivity (Wildman–Crippen MR) is 77.8 cm³/mol. The van der Waals surface area contributed by atoms with Gasteiger partial charge in [-0.25, -0.2) is 23.4 Å². The van der Waals surface area contributed by atoms with E-state index >= 15 is 0 Å². The molecule has 0 radical (unpaired) electrons. The van der Waals surface area contributed by atoms with Gasteiger partial charge in [-0.3, -0.25) is 4.79 Å². The average molecular weight is 315 g/mol. The lowest BCUT2D eigenvalue weighted by Crippen LogP contribution is -2.18. The topological polar surface area (TPSA) is 72.7 Å². The number of amides is 1. The molecule has 8 heteroatoms. The SMILES string of the molecule is O=C(Cc1c(F)cccc1F)Nc1cncnc1-n1cccn1. The van der Waals surface area contributed by atoms with Crippen molar-refractivity contribution in [3.63, 3.8) is 0 Å². The van der Waals surface area contributed by atoms with Crippen molar-refractivity contribution in [1.29, 1.82) is 0 Å². The minimum Gasteiger partial charge on any atom is -0.321 e. The van der Waals surface area contributed by atoms with Gasteiger partial charge in [0, 0.05) is 18.0 Å². The van der Waals surface area contributed by atoms with Crippen molar-refractivity contribution in [3.8, 4) is 5.82 Å². The van der Waals surface area contributed by atoms with E-state index in [0.29, 0.717) is 5.82 Å². The van der Waals surface area contributed by atoms with Crippen LogP contribution in [0.1, 0.15) is 5.56 Å². The van der Waals surface area contributed by atoms with Gasteiger partial charge in [-0.15, -0.1) is 0 Å². The molecule has 23 heavy (non-hydrogen) atoms. The van der Waals surface area contributed by atoms with E-state index in [9.17, 15) is 13.6 Å². The van der Waals surface area contributed by atoms with Crippen LogP contribution in [-0.2, 0) is 11.2 Å². The molecule has 0 saturated heterocycles. The molecule has 0 atom stereocenters. The second-order valence-corrected chi connectivity index (χ2v) is 4.64. The van der Waals surface area contributed by atoms with Crippen LogP contribution in [0.2, 0.25) is 0 Å². The van der Waals surface area contributed by atoms with Gasteiger partial charge in [0.1, 0.15) is 23.6 Å². The van der Waals surface area contributed by atoms with Crippen LogP contribution in [-0.4, -0.2) is 25.7 Å². The van der Waals surface area contributed by atoms with Gasteiger partial charge in [-0.2, -0.15) is 5.10 Å². The Hall–Kier alpha value is -3.16. The zero-order valence-corrected chi connectivity index (χ0v) is 11.8. The van der Waals surface area contributed by atoms with E-state index in [4.69, 9.17) is 0 Å². The normalized spacial score (nSPS) is 10.5. The number of hydrogen-bond acceptors (Lipinski definition) is 4. The van der Waals surface area contributed by atoms with Crippen LogP contribution in [0, 0.1) is 11.6 Å². The fraction of sp³-hybridized carbons (Fsp3) is 0.0667. The number of carbonyl (C=O) groups excluding carboxylic acids is 1. The standard InChI is InChI=1S/C15H11F2N5O/c16-11-3-1-4-12(17)10(11)7-14(23)21-13-8-18-9-19-15(13)22-6-2-5-20-22/h1-6,8-9H,7H2,(H,21,23). The van der Waals surface area contributed by atoms with E-state index < -0.39 is 24.0 Å². The van der Waals surface area contributed by atoms with Gasteiger partial charge < -0.3 is 5.32 Å². The van der Waals surface area contributed by atoms with Gasteiger partial charge in [-0.05, 0) is 18.2 Å². The van der Waals surface area contributed by atoms with Crippen molar-refractivity contribution >= 4 is 11.6 Å². The number of aromatic nitrogens is 4. The second kappa shape index (κ2) is 6.30. The van der Waals surface area contributed by atoms with Gasteiger partial charge >= 0.3 is 0 Å². The molecule has 3 rings (SSSR count). The third kappa shape index (κ3) is 3.20. The largest absolute Gasteiger partial charge is 0.321 e. The van der Waals surface area contributed by atoms with Gasteiger partial charge in [-0.1, -0.05) is 6.07 Å². The third-order valence-corrected chi connectivity index (χ3v) is 3.09. The molecule has 2 heterocycles. The van der Waals surface area contributed by atoms with Crippen LogP contribution >= 0.6 is 0 Å². The monoisotopic (exact) mass is 315 g/mol. The maximum Gasteiger partial charge on any atom is 0.229 e. The lowest BCUT2D eigenvalue weighted by Gasteiger charge is -2.10. The molecule has 0 aliphatic heterocycles. The minimum absolute atomic E-state index is 0.289. The van der Waals surface area contributed by atoms with Crippen LogP contribution in [0.4, 0.5) is 14.5 Å². The first-order valence-corrected chi connectivity index (χ1v) is 6.68. The number of hydrogen-bond donors (Lipinski definition) is 1. The van der Waals surface area contributed by atoms with Gasteiger partial charge in [0.2, 0.25) is 5.91 Å². The molecule has 116 valence electrons. The van der Waals surface area contributed by atoms with Crippen LogP contribution in [0.25, 0.3) is 5.82 Å². The molecular formula is C15H11F2N5O. The summed E-state index contributed by atoms with van der Waals surface area (Å²) < 4.78 is 28.6. The van der Waals surface area contributed by atoms with E-state index in [1.165, 1.54) is 23.3 Å². The van der Waals surface area contributed by atoms with Crippen molar-refractivity contribution in [2.24, 2.45) is 0 Å². The molecule has 0 aliphatic carbocycles. The Morgan fingerprint density at radius 3 is 2.70 bits per heavy atom. The number of rotatable bonds is 4. The number of nitrogens with one attached hydrogen (secondary N) is 1. The van der Waals surface area contributed by atoms with Crippen molar-refractivity contribution in [3.05, 3.63) is 66.4 Å². The Morgan fingerprint density at radius 1 is 1.22 bits per heavy atom. The first-order valence-electron chi connectivity index (χ1n) is 6.68. The summed E-state index contributed by atoms with van der Waals surface area (Å²) in [4.78, 5) is 20.0. The minimum atomic E-state index is -0.767. The van der Waals surface area contributed by atoms with E-state index in [0.717, 1.165) is 12.1 Å². The molecule has 0 fully saturated rings. The highest BCUT2D eigenvalue weighted by atomic mass is 19.1. The summed E-state index contributed by atoms with van der Waals surface area (Å²) in [6, 6.07) is 5.15. The number of anilines is 1. The lowest BCUT2D eigenvalue weighted by atomic mass is 10.1. The van der Waals surface area contributed by atoms with Crippen molar-refractivity contribution < 1.29 is 13.6 Å². The lowest BCUT2D eigenvalue weighted by molar-refractivity contribution is -0.115. The van der Waals surface area contributed by atoms with E-state index in [1.54, 1.807) is 18.5 Å². The van der Waals surface area contributed by atoms with Gasteiger partial charge in [0.15, 0.2) is 5.82 Å². The van der Waals surface area contributed by atoms with E-state index in [2.05, 4.69) is 20.4 Å². The number of halogens is 2. The summed E-state index contributed by atoms with van der Waals surface area (Å²) in [5, 5.41) is 6.57. The molecule has 1 N–H and O–H groups in total. The molecule has 0 spiro atoms. The van der Waals surface area contributed by atoms with Crippen LogP contribution < -0.4 is 5.32 Å². The summed E-state index contributed by atoms with van der Waals surface area (Å²) in [5.41, 5.74) is 0.000404. The molecule has 0 bridgehead atoms. The molecule has 2 aromatic heterocycles. The number of nitrogens with zero attached hydrogens (tertiary/aromatic N) is 4. The van der Waals surface area contributed by atoms with Crippen molar-refractivity contribution in [2.75, 3.05) is 5.32 Å². The highest BCUT2D eigenvalue weighted by Gasteiger charge is 2.15. The Balaban J connectivity index is 1.82. The summed E-state index contributed by atoms with van der Waals surface area (Å²) in [6.45, 7) is 0. The molecule has 1 amide bonds. The fourth-order valence-corrected chi connectivity index (χ4v) is 2.04. The summed E-state index contributed by atoms with van der Waals surface area (Å²) in [7, 11) is 0. The zero-order valence-electron chi connectivity index (χ0n) is 11.8. The second-order valence-electron chi connectivity index (χ2n) is 4.64. The molecule has 0 aliphatic rings. The average Bonchev–Trinajstić information content (AvgIpc) is 3.06. The summed E-state index contributed by atoms with van der Waals surface area (Å²) in [6.07, 6.45) is 5.46. The van der Waals surface area contributed by atoms with Crippen molar-refractivity contribution in [1.82, 2.24) is 19.7 Å². The fourth-order valence-electron chi connectivity index (χ4n) is 2.04. The van der Waals surface area contributed by atoms with E-state index in [-0.39, 0.29) is 11.3 Å². The summed E-state index contributed by atoms with van der Waals surface area (Å²) in [5.74, 6) is -1.77. The Bertz CT molecular complexity index is 815.